The second-order valence-electron chi connectivity index (χ2n) is 4.53. The maximum absolute atomic E-state index is 12.0. The van der Waals surface area contributed by atoms with Crippen LogP contribution in [0.5, 0.6) is 0 Å². The summed E-state index contributed by atoms with van der Waals surface area (Å²) in [6.07, 6.45) is 5.21. The molecule has 3 rings (SSSR count). The van der Waals surface area contributed by atoms with Crippen LogP contribution in [0.15, 0.2) is 41.3 Å². The highest BCUT2D eigenvalue weighted by Gasteiger charge is 2.12. The van der Waals surface area contributed by atoms with Crippen molar-refractivity contribution in [3.63, 3.8) is 0 Å². The summed E-state index contributed by atoms with van der Waals surface area (Å²) in [5, 5.41) is 13.7. The van der Waals surface area contributed by atoms with Crippen molar-refractivity contribution in [1.29, 1.82) is 0 Å². The summed E-state index contributed by atoms with van der Waals surface area (Å²) in [6, 6.07) is 5.24. The van der Waals surface area contributed by atoms with Crippen LogP contribution in [0.3, 0.4) is 0 Å². The van der Waals surface area contributed by atoms with E-state index in [2.05, 4.69) is 20.6 Å². The highest BCUT2D eigenvalue weighted by atomic mass is 16.3. The number of hydrogen-bond donors (Lipinski definition) is 2. The summed E-state index contributed by atoms with van der Waals surface area (Å²) in [5.74, 6) is 0.402. The molecular formula is C14H15N5O2. The molecule has 0 spiro atoms. The molecule has 3 aromatic heterocycles. The molecule has 0 aliphatic rings. The Labute approximate surface area is 121 Å². The Hall–Kier alpha value is -2.83. The maximum atomic E-state index is 12.0. The number of amides is 1. The van der Waals surface area contributed by atoms with E-state index in [0.29, 0.717) is 23.7 Å². The fourth-order valence-corrected chi connectivity index (χ4v) is 1.94. The Balaban J connectivity index is 1.63. The van der Waals surface area contributed by atoms with Crippen molar-refractivity contribution < 1.29 is 9.21 Å². The van der Waals surface area contributed by atoms with E-state index in [-0.39, 0.29) is 5.91 Å². The molecule has 0 fully saturated rings. The van der Waals surface area contributed by atoms with Gasteiger partial charge in [0, 0.05) is 30.9 Å². The van der Waals surface area contributed by atoms with Gasteiger partial charge in [-0.3, -0.25) is 14.6 Å². The Morgan fingerprint density at radius 3 is 3.14 bits per heavy atom. The smallest absolute Gasteiger partial charge is 0.272 e. The zero-order valence-corrected chi connectivity index (χ0v) is 11.5. The molecule has 0 radical (unpaired) electrons. The number of aromatic amines is 1. The van der Waals surface area contributed by atoms with Crippen LogP contribution in [0.4, 0.5) is 0 Å². The molecule has 7 nitrogen and oxygen atoms in total. The summed E-state index contributed by atoms with van der Waals surface area (Å²) >= 11 is 0. The number of furan rings is 1. The Kier molecular flexibility index (Phi) is 3.55. The third-order valence-electron chi connectivity index (χ3n) is 3.06. The zero-order chi connectivity index (χ0) is 14.7. The predicted molar refractivity (Wildman–Crippen MR) is 75.4 cm³/mol. The molecule has 21 heavy (non-hydrogen) atoms. The van der Waals surface area contributed by atoms with Crippen molar-refractivity contribution in [3.8, 4) is 11.5 Å². The number of aromatic nitrogens is 4. The molecule has 2 N–H and O–H groups in total. The quantitative estimate of drug-likeness (QED) is 0.748. The Bertz CT molecular complexity index is 726. The van der Waals surface area contributed by atoms with Gasteiger partial charge < -0.3 is 9.73 Å². The van der Waals surface area contributed by atoms with Crippen molar-refractivity contribution >= 4 is 5.91 Å². The molecule has 108 valence electrons. The SMILES string of the molecule is CCn1cc(CNC(=O)c2cc(-c3ccco3)[nH]n2)cn1. The van der Waals surface area contributed by atoms with Gasteiger partial charge in [-0.05, 0) is 19.1 Å². The molecule has 3 aromatic rings. The standard InChI is InChI=1S/C14H15N5O2/c1-2-19-9-10(8-16-19)7-15-14(20)12-6-11(17-18-12)13-4-3-5-21-13/h3-6,8-9H,2,7H2,1H3,(H,15,20)(H,17,18). The van der Waals surface area contributed by atoms with Crippen LogP contribution in [0.2, 0.25) is 0 Å². The van der Waals surface area contributed by atoms with Gasteiger partial charge in [0.25, 0.3) is 5.91 Å². The van der Waals surface area contributed by atoms with E-state index >= 15 is 0 Å². The largest absolute Gasteiger partial charge is 0.463 e. The number of hydrogen-bond acceptors (Lipinski definition) is 4. The van der Waals surface area contributed by atoms with Crippen molar-refractivity contribution in [2.45, 2.75) is 20.0 Å². The second kappa shape index (κ2) is 5.66. The van der Waals surface area contributed by atoms with Crippen molar-refractivity contribution in [3.05, 3.63) is 48.1 Å². The lowest BCUT2D eigenvalue weighted by Crippen LogP contribution is -2.22. The topological polar surface area (TPSA) is 88.7 Å². The first kappa shape index (κ1) is 13.2. The highest BCUT2D eigenvalue weighted by Crippen LogP contribution is 2.17. The molecule has 1 amide bonds. The Morgan fingerprint density at radius 1 is 1.52 bits per heavy atom. The van der Waals surface area contributed by atoms with Gasteiger partial charge in [-0.1, -0.05) is 0 Å². The fourth-order valence-electron chi connectivity index (χ4n) is 1.94. The van der Waals surface area contributed by atoms with Gasteiger partial charge in [0.05, 0.1) is 12.5 Å². The lowest BCUT2D eigenvalue weighted by Gasteiger charge is -1.99. The van der Waals surface area contributed by atoms with E-state index in [1.165, 1.54) is 0 Å². The van der Waals surface area contributed by atoms with Crippen LogP contribution in [0, 0.1) is 0 Å². The summed E-state index contributed by atoms with van der Waals surface area (Å²) in [7, 11) is 0. The fraction of sp³-hybridized carbons (Fsp3) is 0.214. The molecule has 3 heterocycles. The number of carbonyl (C=O) groups excluding carboxylic acids is 1. The van der Waals surface area contributed by atoms with Crippen LogP contribution in [-0.2, 0) is 13.1 Å². The van der Waals surface area contributed by atoms with E-state index in [0.717, 1.165) is 12.1 Å². The van der Waals surface area contributed by atoms with Gasteiger partial charge in [0.1, 0.15) is 5.69 Å². The third kappa shape index (κ3) is 2.86. The molecule has 0 saturated heterocycles. The van der Waals surface area contributed by atoms with E-state index in [4.69, 9.17) is 4.42 Å². The summed E-state index contributed by atoms with van der Waals surface area (Å²) in [6.45, 7) is 3.23. The number of aryl methyl sites for hydroxylation is 1. The average Bonchev–Trinajstić information content (AvgIpc) is 3.24. The normalized spacial score (nSPS) is 10.7. The predicted octanol–water partition coefficient (Wildman–Crippen LogP) is 1.82. The van der Waals surface area contributed by atoms with Crippen molar-refractivity contribution in [1.82, 2.24) is 25.3 Å². The van der Waals surface area contributed by atoms with Crippen LogP contribution in [0.1, 0.15) is 23.0 Å². The lowest BCUT2D eigenvalue weighted by molar-refractivity contribution is 0.0946. The van der Waals surface area contributed by atoms with E-state index in [9.17, 15) is 4.79 Å². The van der Waals surface area contributed by atoms with Crippen LogP contribution in [0.25, 0.3) is 11.5 Å². The molecule has 0 atom stereocenters. The van der Waals surface area contributed by atoms with Gasteiger partial charge in [-0.2, -0.15) is 10.2 Å². The number of nitrogens with zero attached hydrogens (tertiary/aromatic N) is 3. The minimum atomic E-state index is -0.242. The minimum absolute atomic E-state index is 0.242. The average molecular weight is 285 g/mol. The summed E-state index contributed by atoms with van der Waals surface area (Å²) in [4.78, 5) is 12.0. The number of carbonyl (C=O) groups is 1. The van der Waals surface area contributed by atoms with Crippen LogP contribution >= 0.6 is 0 Å². The first-order chi connectivity index (χ1) is 10.3. The molecule has 0 unspecified atom stereocenters. The van der Waals surface area contributed by atoms with E-state index < -0.39 is 0 Å². The van der Waals surface area contributed by atoms with Gasteiger partial charge in [-0.25, -0.2) is 0 Å². The van der Waals surface area contributed by atoms with Gasteiger partial charge in [0.2, 0.25) is 0 Å². The first-order valence-electron chi connectivity index (χ1n) is 6.65. The van der Waals surface area contributed by atoms with E-state index in [1.54, 1.807) is 30.7 Å². The molecule has 7 heteroatoms. The lowest BCUT2D eigenvalue weighted by atomic mass is 10.3. The number of nitrogens with one attached hydrogen (secondary N) is 2. The zero-order valence-electron chi connectivity index (χ0n) is 11.5. The highest BCUT2D eigenvalue weighted by molar-refractivity contribution is 5.93. The van der Waals surface area contributed by atoms with Crippen molar-refractivity contribution in [2.24, 2.45) is 0 Å². The number of rotatable bonds is 5. The Morgan fingerprint density at radius 2 is 2.43 bits per heavy atom. The number of H-pyrrole nitrogens is 1. The third-order valence-corrected chi connectivity index (χ3v) is 3.06. The van der Waals surface area contributed by atoms with Gasteiger partial charge in [-0.15, -0.1) is 0 Å². The molecule has 0 aromatic carbocycles. The molecule has 0 aliphatic heterocycles. The second-order valence-corrected chi connectivity index (χ2v) is 4.53. The van der Waals surface area contributed by atoms with Crippen LogP contribution < -0.4 is 5.32 Å². The minimum Gasteiger partial charge on any atom is -0.463 e. The van der Waals surface area contributed by atoms with Crippen molar-refractivity contribution in [2.75, 3.05) is 0 Å². The van der Waals surface area contributed by atoms with Crippen LogP contribution in [-0.4, -0.2) is 25.9 Å². The molecule has 0 aliphatic carbocycles. The molecule has 0 bridgehead atoms. The first-order valence-corrected chi connectivity index (χ1v) is 6.65. The van der Waals surface area contributed by atoms with Gasteiger partial charge >= 0.3 is 0 Å². The monoisotopic (exact) mass is 285 g/mol. The summed E-state index contributed by atoms with van der Waals surface area (Å²) < 4.78 is 7.05. The molecule has 0 saturated carbocycles. The van der Waals surface area contributed by atoms with Gasteiger partial charge in [0.15, 0.2) is 11.5 Å². The summed E-state index contributed by atoms with van der Waals surface area (Å²) in [5.41, 5.74) is 1.94. The maximum Gasteiger partial charge on any atom is 0.272 e. The molecular weight excluding hydrogens is 270 g/mol. The van der Waals surface area contributed by atoms with E-state index in [1.807, 2.05) is 17.8 Å².